The van der Waals surface area contributed by atoms with Crippen LogP contribution in [0.2, 0.25) is 0 Å². The predicted octanol–water partition coefficient (Wildman–Crippen LogP) is 2.54. The van der Waals surface area contributed by atoms with Crippen molar-refractivity contribution < 1.29 is 20.1 Å². The molecule has 0 aliphatic rings. The fourth-order valence-corrected chi connectivity index (χ4v) is 2.53. The molecule has 1 aromatic carbocycles. The number of rotatable bonds is 6. The first-order valence-corrected chi connectivity index (χ1v) is 8.11. The topological polar surface area (TPSA) is 81.0 Å². The van der Waals surface area contributed by atoms with Crippen molar-refractivity contribution in [2.75, 3.05) is 20.6 Å². The molecule has 0 aliphatic heterocycles. The average Bonchev–Trinajstić information content (AvgIpc) is 3.07. The van der Waals surface area contributed by atoms with Crippen molar-refractivity contribution in [3.8, 4) is 0 Å². The minimum absolute atomic E-state index is 0.285. The van der Waals surface area contributed by atoms with Crippen LogP contribution in [-0.2, 0) is 4.79 Å². The molecular formula is C17H23NO4S. The molecule has 6 heteroatoms. The SMILES string of the molecule is CN(C)CC[C@H](O)c1cccs1.O=C(O)[C@@H](O)c1ccccc1. The lowest BCUT2D eigenvalue weighted by atomic mass is 10.1. The van der Waals surface area contributed by atoms with Crippen molar-refractivity contribution in [1.82, 2.24) is 4.90 Å². The normalized spacial score (nSPS) is 13.1. The van der Waals surface area contributed by atoms with Crippen LogP contribution in [0, 0.1) is 0 Å². The fraction of sp³-hybridized carbons (Fsp3) is 0.353. The molecule has 0 spiro atoms. The number of carbonyl (C=O) groups is 1. The van der Waals surface area contributed by atoms with Crippen LogP contribution in [0.25, 0.3) is 0 Å². The zero-order valence-corrected chi connectivity index (χ0v) is 14.1. The molecule has 0 fully saturated rings. The zero-order chi connectivity index (χ0) is 17.2. The molecule has 0 radical (unpaired) electrons. The number of aliphatic carboxylic acids is 1. The van der Waals surface area contributed by atoms with E-state index in [-0.39, 0.29) is 6.10 Å². The smallest absolute Gasteiger partial charge is 0.337 e. The molecule has 1 aromatic heterocycles. The van der Waals surface area contributed by atoms with Crippen LogP contribution in [0.15, 0.2) is 47.8 Å². The van der Waals surface area contributed by atoms with Crippen LogP contribution >= 0.6 is 11.3 Å². The van der Waals surface area contributed by atoms with Crippen molar-refractivity contribution in [3.05, 3.63) is 58.3 Å². The molecule has 0 unspecified atom stereocenters. The highest BCUT2D eigenvalue weighted by molar-refractivity contribution is 7.10. The maximum atomic E-state index is 10.2. The van der Waals surface area contributed by atoms with Gasteiger partial charge in [0.15, 0.2) is 6.10 Å². The Morgan fingerprint density at radius 1 is 1.13 bits per heavy atom. The summed E-state index contributed by atoms with van der Waals surface area (Å²) in [6.07, 6.45) is -0.878. The Hall–Kier alpha value is -1.73. The number of carboxylic acid groups (broad SMARTS) is 1. The first kappa shape index (κ1) is 19.3. The first-order chi connectivity index (χ1) is 10.9. The van der Waals surface area contributed by atoms with E-state index in [4.69, 9.17) is 10.2 Å². The number of carboxylic acids is 1. The maximum Gasteiger partial charge on any atom is 0.337 e. The largest absolute Gasteiger partial charge is 0.479 e. The van der Waals surface area contributed by atoms with Gasteiger partial charge in [-0.3, -0.25) is 0 Å². The second-order valence-corrected chi connectivity index (χ2v) is 6.25. The van der Waals surface area contributed by atoms with Crippen LogP contribution in [0.3, 0.4) is 0 Å². The lowest BCUT2D eigenvalue weighted by molar-refractivity contribution is -0.146. The second-order valence-electron chi connectivity index (χ2n) is 5.27. The summed E-state index contributed by atoms with van der Waals surface area (Å²) in [5.74, 6) is -1.23. The van der Waals surface area contributed by atoms with Gasteiger partial charge >= 0.3 is 5.97 Å². The minimum atomic E-state index is -1.41. The zero-order valence-electron chi connectivity index (χ0n) is 13.3. The maximum absolute atomic E-state index is 10.2. The molecule has 0 saturated carbocycles. The van der Waals surface area contributed by atoms with E-state index in [0.717, 1.165) is 17.8 Å². The number of aliphatic hydroxyl groups excluding tert-OH is 2. The van der Waals surface area contributed by atoms with Gasteiger partial charge in [-0.25, -0.2) is 4.79 Å². The van der Waals surface area contributed by atoms with Gasteiger partial charge in [0.1, 0.15) is 0 Å². The third-order valence-electron chi connectivity index (χ3n) is 3.07. The molecule has 2 aromatic rings. The molecule has 23 heavy (non-hydrogen) atoms. The predicted molar refractivity (Wildman–Crippen MR) is 91.5 cm³/mol. The van der Waals surface area contributed by atoms with Crippen molar-refractivity contribution in [2.45, 2.75) is 18.6 Å². The van der Waals surface area contributed by atoms with E-state index in [1.165, 1.54) is 0 Å². The average molecular weight is 337 g/mol. The van der Waals surface area contributed by atoms with Crippen LogP contribution < -0.4 is 0 Å². The third kappa shape index (κ3) is 7.38. The quantitative estimate of drug-likeness (QED) is 0.755. The molecule has 0 bridgehead atoms. The van der Waals surface area contributed by atoms with Gasteiger partial charge in [0.05, 0.1) is 6.10 Å². The summed E-state index contributed by atoms with van der Waals surface area (Å²) in [6, 6.07) is 12.2. The van der Waals surface area contributed by atoms with E-state index in [1.807, 2.05) is 31.6 Å². The van der Waals surface area contributed by atoms with Gasteiger partial charge < -0.3 is 20.2 Å². The summed E-state index contributed by atoms with van der Waals surface area (Å²) in [6.45, 7) is 0.930. The van der Waals surface area contributed by atoms with Gasteiger partial charge in [-0.1, -0.05) is 36.4 Å². The van der Waals surface area contributed by atoms with Crippen LogP contribution in [0.4, 0.5) is 0 Å². The van der Waals surface area contributed by atoms with E-state index >= 15 is 0 Å². The summed E-state index contributed by atoms with van der Waals surface area (Å²) < 4.78 is 0. The molecule has 5 nitrogen and oxygen atoms in total. The Kier molecular flexibility index (Phi) is 8.50. The number of nitrogens with zero attached hydrogens (tertiary/aromatic N) is 1. The van der Waals surface area contributed by atoms with E-state index in [2.05, 4.69) is 4.90 Å². The van der Waals surface area contributed by atoms with Gasteiger partial charge in [0, 0.05) is 11.4 Å². The number of hydrogen-bond acceptors (Lipinski definition) is 5. The molecule has 0 aliphatic carbocycles. The Morgan fingerprint density at radius 3 is 2.26 bits per heavy atom. The van der Waals surface area contributed by atoms with Crippen LogP contribution in [0.5, 0.6) is 0 Å². The highest BCUT2D eigenvalue weighted by Crippen LogP contribution is 2.21. The summed E-state index contributed by atoms with van der Waals surface area (Å²) in [4.78, 5) is 13.4. The number of thiophene rings is 1. The first-order valence-electron chi connectivity index (χ1n) is 7.23. The van der Waals surface area contributed by atoms with Gasteiger partial charge in [0.25, 0.3) is 0 Å². The lowest BCUT2D eigenvalue weighted by Gasteiger charge is -2.12. The van der Waals surface area contributed by atoms with Crippen LogP contribution in [-0.4, -0.2) is 46.8 Å². The van der Waals surface area contributed by atoms with E-state index < -0.39 is 12.1 Å². The lowest BCUT2D eigenvalue weighted by Crippen LogP contribution is -2.15. The van der Waals surface area contributed by atoms with Crippen molar-refractivity contribution in [3.63, 3.8) is 0 Å². The molecule has 0 saturated heterocycles. The highest BCUT2D eigenvalue weighted by Gasteiger charge is 2.14. The van der Waals surface area contributed by atoms with Gasteiger partial charge in [-0.2, -0.15) is 0 Å². The molecule has 126 valence electrons. The van der Waals surface area contributed by atoms with E-state index in [1.54, 1.807) is 41.7 Å². The van der Waals surface area contributed by atoms with Crippen molar-refractivity contribution in [1.29, 1.82) is 0 Å². The summed E-state index contributed by atoms with van der Waals surface area (Å²) in [7, 11) is 4.03. The van der Waals surface area contributed by atoms with E-state index in [9.17, 15) is 9.90 Å². The summed E-state index contributed by atoms with van der Waals surface area (Å²) >= 11 is 1.61. The fourth-order valence-electron chi connectivity index (χ4n) is 1.78. The molecular weight excluding hydrogens is 314 g/mol. The van der Waals surface area contributed by atoms with Gasteiger partial charge in [-0.15, -0.1) is 11.3 Å². The Morgan fingerprint density at radius 2 is 1.78 bits per heavy atom. The third-order valence-corrected chi connectivity index (χ3v) is 4.04. The standard InChI is InChI=1S/C9H15NOS.C8H8O3/c1-10(2)6-5-8(11)9-4-3-7-12-9;9-7(8(10)11)6-4-2-1-3-5-6/h3-4,7-8,11H,5-6H2,1-2H3;1-5,7,9H,(H,10,11)/t8-;7-/m00/s1. The number of hydrogen-bond donors (Lipinski definition) is 3. The molecule has 2 atom stereocenters. The van der Waals surface area contributed by atoms with Gasteiger partial charge in [-0.05, 0) is 37.5 Å². The minimum Gasteiger partial charge on any atom is -0.479 e. The number of aliphatic hydroxyl groups is 2. The highest BCUT2D eigenvalue weighted by atomic mass is 32.1. The molecule has 0 amide bonds. The van der Waals surface area contributed by atoms with Crippen molar-refractivity contribution >= 4 is 17.3 Å². The second kappa shape index (κ2) is 10.1. The monoisotopic (exact) mass is 337 g/mol. The molecule has 1 heterocycles. The number of benzene rings is 1. The Balaban J connectivity index is 0.000000231. The van der Waals surface area contributed by atoms with Crippen molar-refractivity contribution in [2.24, 2.45) is 0 Å². The molecule has 3 N–H and O–H groups in total. The summed E-state index contributed by atoms with van der Waals surface area (Å²) in [5.41, 5.74) is 0.403. The summed E-state index contributed by atoms with van der Waals surface area (Å²) in [5, 5.41) is 29.0. The van der Waals surface area contributed by atoms with Gasteiger partial charge in [0.2, 0.25) is 0 Å². The van der Waals surface area contributed by atoms with E-state index in [0.29, 0.717) is 5.56 Å². The van der Waals surface area contributed by atoms with Crippen LogP contribution in [0.1, 0.15) is 29.1 Å². The molecule has 2 rings (SSSR count). The Labute approximate surface area is 140 Å². The Bertz CT molecular complexity index is 557.